The van der Waals surface area contributed by atoms with Gasteiger partial charge in [0.05, 0.1) is 18.1 Å². The third-order valence-corrected chi connectivity index (χ3v) is 7.39. The van der Waals surface area contributed by atoms with E-state index in [1.165, 1.54) is 11.3 Å². The summed E-state index contributed by atoms with van der Waals surface area (Å²) in [4.78, 5) is 8.36. The quantitative estimate of drug-likeness (QED) is 0.911. The molecule has 1 aliphatic rings. The van der Waals surface area contributed by atoms with Gasteiger partial charge in [-0.3, -0.25) is 4.98 Å². The van der Waals surface area contributed by atoms with Crippen LogP contribution in [0.2, 0.25) is 0 Å². The number of nitrogens with two attached hydrogens (primary N) is 1. The van der Waals surface area contributed by atoms with Gasteiger partial charge in [0.2, 0.25) is 0 Å². The molecule has 1 aliphatic heterocycles. The smallest absolute Gasteiger partial charge is 0.252 e. The molecule has 0 amide bonds. The van der Waals surface area contributed by atoms with Gasteiger partial charge in [0.15, 0.2) is 0 Å². The highest BCUT2D eigenvalue weighted by molar-refractivity contribution is 7.91. The molecule has 1 saturated heterocycles. The Hall–Kier alpha value is -1.51. The van der Waals surface area contributed by atoms with E-state index in [2.05, 4.69) is 9.97 Å². The molecular formula is C15H20N4O2S2. The standard InChI is InChI=1S/C15H20N4O2S2/c16-14-11-17-13(10-18-14)9-12-3-1-6-19(7-5-12)23(20,21)15-4-2-8-22-15/h2,4,8,10-12H,1,3,5-7,9H2,(H2,16,18)/t12-/m0/s1. The van der Waals surface area contributed by atoms with Crippen LogP contribution in [-0.4, -0.2) is 35.8 Å². The van der Waals surface area contributed by atoms with Gasteiger partial charge < -0.3 is 5.73 Å². The molecular weight excluding hydrogens is 332 g/mol. The van der Waals surface area contributed by atoms with Crippen LogP contribution in [0.1, 0.15) is 25.0 Å². The summed E-state index contributed by atoms with van der Waals surface area (Å²) in [5.74, 6) is 0.847. The third-order valence-electron chi connectivity index (χ3n) is 4.12. The Morgan fingerprint density at radius 3 is 2.83 bits per heavy atom. The Kier molecular flexibility index (Phi) is 4.93. The van der Waals surface area contributed by atoms with E-state index in [1.54, 1.807) is 34.2 Å². The minimum absolute atomic E-state index is 0.419. The molecule has 0 saturated carbocycles. The molecule has 0 aromatic carbocycles. The van der Waals surface area contributed by atoms with Crippen molar-refractivity contribution in [2.45, 2.75) is 29.9 Å². The minimum Gasteiger partial charge on any atom is -0.382 e. The molecule has 0 radical (unpaired) electrons. The van der Waals surface area contributed by atoms with E-state index in [9.17, 15) is 8.42 Å². The lowest BCUT2D eigenvalue weighted by molar-refractivity contribution is 0.410. The fraction of sp³-hybridized carbons (Fsp3) is 0.467. The lowest BCUT2D eigenvalue weighted by Gasteiger charge is -2.19. The van der Waals surface area contributed by atoms with Crippen molar-refractivity contribution >= 4 is 27.2 Å². The first-order valence-corrected chi connectivity index (χ1v) is 9.98. The maximum atomic E-state index is 12.6. The normalized spacial score (nSPS) is 20.3. The number of nitrogen functional groups attached to an aromatic ring is 1. The van der Waals surface area contributed by atoms with E-state index in [1.807, 2.05) is 0 Å². The minimum atomic E-state index is -3.34. The first kappa shape index (κ1) is 16.4. The summed E-state index contributed by atoms with van der Waals surface area (Å²) < 4.78 is 27.3. The van der Waals surface area contributed by atoms with Crippen LogP contribution in [-0.2, 0) is 16.4 Å². The lowest BCUT2D eigenvalue weighted by Crippen LogP contribution is -2.31. The van der Waals surface area contributed by atoms with Crippen molar-refractivity contribution in [3.05, 3.63) is 35.6 Å². The number of anilines is 1. The van der Waals surface area contributed by atoms with Crippen LogP contribution in [0.3, 0.4) is 0 Å². The van der Waals surface area contributed by atoms with Gasteiger partial charge in [-0.05, 0) is 43.0 Å². The Labute approximate surface area is 140 Å². The van der Waals surface area contributed by atoms with Crippen LogP contribution in [0, 0.1) is 5.92 Å². The molecule has 0 bridgehead atoms. The number of sulfonamides is 1. The predicted octanol–water partition coefficient (Wildman–Crippen LogP) is 2.15. The molecule has 0 spiro atoms. The summed E-state index contributed by atoms with van der Waals surface area (Å²) in [7, 11) is -3.34. The predicted molar refractivity (Wildman–Crippen MR) is 90.6 cm³/mol. The lowest BCUT2D eigenvalue weighted by atomic mass is 9.95. The van der Waals surface area contributed by atoms with Gasteiger partial charge in [0, 0.05) is 13.1 Å². The van der Waals surface area contributed by atoms with Gasteiger partial charge in [-0.1, -0.05) is 6.07 Å². The molecule has 8 heteroatoms. The SMILES string of the molecule is Nc1cnc(C[C@H]2CCCN(S(=O)(=O)c3cccs3)CC2)cn1. The molecule has 0 aliphatic carbocycles. The van der Waals surface area contributed by atoms with Gasteiger partial charge in [-0.25, -0.2) is 13.4 Å². The third kappa shape index (κ3) is 3.88. The van der Waals surface area contributed by atoms with Crippen LogP contribution in [0.15, 0.2) is 34.1 Å². The average Bonchev–Trinajstić information content (AvgIpc) is 2.98. The summed E-state index contributed by atoms with van der Waals surface area (Å²) in [6, 6.07) is 3.45. The van der Waals surface area contributed by atoms with E-state index in [4.69, 9.17) is 5.73 Å². The Morgan fingerprint density at radius 1 is 1.26 bits per heavy atom. The van der Waals surface area contributed by atoms with Crippen LogP contribution in [0.5, 0.6) is 0 Å². The largest absolute Gasteiger partial charge is 0.382 e. The molecule has 2 N–H and O–H groups in total. The number of thiophene rings is 1. The van der Waals surface area contributed by atoms with Crippen molar-refractivity contribution in [1.82, 2.24) is 14.3 Å². The Morgan fingerprint density at radius 2 is 2.13 bits per heavy atom. The maximum absolute atomic E-state index is 12.6. The zero-order chi connectivity index (χ0) is 16.3. The highest BCUT2D eigenvalue weighted by atomic mass is 32.2. The van der Waals surface area contributed by atoms with E-state index in [0.717, 1.165) is 31.4 Å². The molecule has 0 unspecified atom stereocenters. The van der Waals surface area contributed by atoms with Crippen molar-refractivity contribution in [2.75, 3.05) is 18.8 Å². The number of aromatic nitrogens is 2. The zero-order valence-corrected chi connectivity index (χ0v) is 14.4. The van der Waals surface area contributed by atoms with Gasteiger partial charge >= 0.3 is 0 Å². The van der Waals surface area contributed by atoms with E-state index in [-0.39, 0.29) is 0 Å². The first-order chi connectivity index (χ1) is 11.1. The van der Waals surface area contributed by atoms with E-state index >= 15 is 0 Å². The summed E-state index contributed by atoms with van der Waals surface area (Å²) >= 11 is 1.28. The van der Waals surface area contributed by atoms with E-state index < -0.39 is 10.0 Å². The Bertz CT molecular complexity index is 729. The summed E-state index contributed by atoms with van der Waals surface area (Å²) in [5, 5.41) is 1.80. The zero-order valence-electron chi connectivity index (χ0n) is 12.8. The van der Waals surface area contributed by atoms with Gasteiger partial charge in [0.25, 0.3) is 10.0 Å². The van der Waals surface area contributed by atoms with E-state index in [0.29, 0.717) is 29.0 Å². The molecule has 1 fully saturated rings. The summed E-state index contributed by atoms with van der Waals surface area (Å²) in [5.41, 5.74) is 6.47. The van der Waals surface area contributed by atoms with Crippen molar-refractivity contribution in [3.63, 3.8) is 0 Å². The first-order valence-electron chi connectivity index (χ1n) is 7.66. The molecule has 6 nitrogen and oxygen atoms in total. The number of rotatable bonds is 4. The molecule has 2 aromatic rings. The number of hydrogen-bond acceptors (Lipinski definition) is 6. The number of hydrogen-bond donors (Lipinski definition) is 1. The second-order valence-electron chi connectivity index (χ2n) is 5.77. The Balaban J connectivity index is 1.64. The molecule has 124 valence electrons. The molecule has 1 atom stereocenters. The second kappa shape index (κ2) is 6.94. The highest BCUT2D eigenvalue weighted by Crippen LogP contribution is 2.27. The van der Waals surface area contributed by atoms with Crippen molar-refractivity contribution in [2.24, 2.45) is 5.92 Å². The maximum Gasteiger partial charge on any atom is 0.252 e. The average molecular weight is 352 g/mol. The molecule has 3 rings (SSSR count). The summed E-state index contributed by atoms with van der Waals surface area (Å²) in [6.07, 6.45) is 6.82. The van der Waals surface area contributed by atoms with Crippen LogP contribution < -0.4 is 5.73 Å². The van der Waals surface area contributed by atoms with Crippen LogP contribution >= 0.6 is 11.3 Å². The van der Waals surface area contributed by atoms with Crippen LogP contribution in [0.25, 0.3) is 0 Å². The van der Waals surface area contributed by atoms with Gasteiger partial charge in [0.1, 0.15) is 10.0 Å². The molecule has 2 aromatic heterocycles. The van der Waals surface area contributed by atoms with Crippen molar-refractivity contribution in [3.8, 4) is 0 Å². The fourth-order valence-electron chi connectivity index (χ4n) is 2.89. The summed E-state index contributed by atoms with van der Waals surface area (Å²) in [6.45, 7) is 1.15. The van der Waals surface area contributed by atoms with Crippen LogP contribution in [0.4, 0.5) is 5.82 Å². The second-order valence-corrected chi connectivity index (χ2v) is 8.88. The molecule has 3 heterocycles. The molecule has 23 heavy (non-hydrogen) atoms. The number of nitrogens with zero attached hydrogens (tertiary/aromatic N) is 3. The van der Waals surface area contributed by atoms with Gasteiger partial charge in [-0.15, -0.1) is 11.3 Å². The fourth-order valence-corrected chi connectivity index (χ4v) is 5.52. The van der Waals surface area contributed by atoms with Crippen molar-refractivity contribution < 1.29 is 8.42 Å². The van der Waals surface area contributed by atoms with Crippen molar-refractivity contribution in [1.29, 1.82) is 0 Å². The van der Waals surface area contributed by atoms with Gasteiger partial charge in [-0.2, -0.15) is 4.31 Å². The topological polar surface area (TPSA) is 89.2 Å². The highest BCUT2D eigenvalue weighted by Gasteiger charge is 2.28. The monoisotopic (exact) mass is 352 g/mol.